The Hall–Kier alpha value is -2.24. The maximum absolute atomic E-state index is 13.0. The Labute approximate surface area is 135 Å². The summed E-state index contributed by atoms with van der Waals surface area (Å²) >= 11 is 0. The maximum Gasteiger partial charge on any atom is 0.245 e. The van der Waals surface area contributed by atoms with Crippen molar-refractivity contribution in [2.24, 2.45) is 0 Å². The summed E-state index contributed by atoms with van der Waals surface area (Å²) in [7, 11) is 0. The predicted octanol–water partition coefficient (Wildman–Crippen LogP) is 2.14. The van der Waals surface area contributed by atoms with Crippen LogP contribution in [-0.4, -0.2) is 40.3 Å². The van der Waals surface area contributed by atoms with Gasteiger partial charge in [-0.15, -0.1) is 0 Å². The van der Waals surface area contributed by atoms with Gasteiger partial charge in [-0.3, -0.25) is 14.6 Å². The van der Waals surface area contributed by atoms with Crippen molar-refractivity contribution >= 4 is 17.9 Å². The quantitative estimate of drug-likeness (QED) is 0.865. The first-order valence-electron chi connectivity index (χ1n) is 7.87. The van der Waals surface area contributed by atoms with Crippen LogP contribution in [0.5, 0.6) is 0 Å². The van der Waals surface area contributed by atoms with Crippen molar-refractivity contribution in [1.29, 1.82) is 0 Å². The first-order valence-corrected chi connectivity index (χ1v) is 7.87. The Balaban J connectivity index is 1.90. The molecule has 1 aliphatic heterocycles. The molecule has 2 amide bonds. The highest BCUT2D eigenvalue weighted by Crippen LogP contribution is 2.17. The van der Waals surface area contributed by atoms with Crippen molar-refractivity contribution in [3.63, 3.8) is 0 Å². The van der Waals surface area contributed by atoms with Crippen LogP contribution in [0.25, 0.3) is 6.08 Å². The monoisotopic (exact) mass is 319 g/mol. The summed E-state index contributed by atoms with van der Waals surface area (Å²) in [5, 5.41) is 2.65. The van der Waals surface area contributed by atoms with Crippen molar-refractivity contribution < 1.29 is 14.0 Å². The number of aromatic nitrogens is 1. The van der Waals surface area contributed by atoms with E-state index in [-0.39, 0.29) is 17.9 Å². The molecule has 1 aromatic heterocycles. The lowest BCUT2D eigenvalue weighted by Gasteiger charge is -2.35. The molecule has 0 aromatic carbocycles. The van der Waals surface area contributed by atoms with Gasteiger partial charge in [-0.1, -0.05) is 0 Å². The van der Waals surface area contributed by atoms with E-state index in [1.807, 2.05) is 11.8 Å². The van der Waals surface area contributed by atoms with E-state index in [9.17, 15) is 14.0 Å². The molecular weight excluding hydrogens is 297 g/mol. The number of carbonyl (C=O) groups is 2. The SMILES string of the molecule is C[C@@H]1CCCCN1C(=O)[C@@H](C)NC(=O)/C=C/c1cncc(F)c1. The summed E-state index contributed by atoms with van der Waals surface area (Å²) in [6.07, 6.45) is 8.43. The highest BCUT2D eigenvalue weighted by Gasteiger charge is 2.27. The minimum atomic E-state index is -0.585. The lowest BCUT2D eigenvalue weighted by Crippen LogP contribution is -2.51. The molecule has 1 N–H and O–H groups in total. The molecule has 1 fully saturated rings. The number of rotatable bonds is 4. The molecule has 0 unspecified atom stereocenters. The van der Waals surface area contributed by atoms with E-state index in [2.05, 4.69) is 10.3 Å². The number of nitrogens with zero attached hydrogens (tertiary/aromatic N) is 2. The van der Waals surface area contributed by atoms with Gasteiger partial charge < -0.3 is 10.2 Å². The number of hydrogen-bond acceptors (Lipinski definition) is 3. The number of piperidine rings is 1. The van der Waals surface area contributed by atoms with Gasteiger partial charge >= 0.3 is 0 Å². The first-order chi connectivity index (χ1) is 11.0. The maximum atomic E-state index is 13.0. The molecule has 1 saturated heterocycles. The molecule has 0 spiro atoms. The number of halogens is 1. The Morgan fingerprint density at radius 1 is 1.43 bits per heavy atom. The van der Waals surface area contributed by atoms with Crippen molar-refractivity contribution in [1.82, 2.24) is 15.2 Å². The van der Waals surface area contributed by atoms with Gasteiger partial charge in [0, 0.05) is 24.9 Å². The highest BCUT2D eigenvalue weighted by atomic mass is 19.1. The molecule has 5 nitrogen and oxygen atoms in total. The van der Waals surface area contributed by atoms with E-state index in [0.717, 1.165) is 32.0 Å². The fraction of sp³-hybridized carbons (Fsp3) is 0.471. The number of hydrogen-bond donors (Lipinski definition) is 1. The lowest BCUT2D eigenvalue weighted by atomic mass is 10.0. The molecule has 1 aromatic rings. The van der Waals surface area contributed by atoms with Crippen LogP contribution in [-0.2, 0) is 9.59 Å². The Bertz CT molecular complexity index is 603. The summed E-state index contributed by atoms with van der Waals surface area (Å²) < 4.78 is 13.0. The second kappa shape index (κ2) is 7.85. The second-order valence-corrected chi connectivity index (χ2v) is 5.88. The number of nitrogens with one attached hydrogen (secondary N) is 1. The predicted molar refractivity (Wildman–Crippen MR) is 85.9 cm³/mol. The van der Waals surface area contributed by atoms with Gasteiger partial charge in [0.2, 0.25) is 11.8 Å². The van der Waals surface area contributed by atoms with Crippen LogP contribution < -0.4 is 5.32 Å². The van der Waals surface area contributed by atoms with Crippen molar-refractivity contribution in [2.45, 2.75) is 45.2 Å². The third-order valence-electron chi connectivity index (χ3n) is 3.97. The Morgan fingerprint density at radius 2 is 2.22 bits per heavy atom. The highest BCUT2D eigenvalue weighted by molar-refractivity contribution is 5.95. The fourth-order valence-electron chi connectivity index (χ4n) is 2.69. The van der Waals surface area contributed by atoms with E-state index in [1.165, 1.54) is 24.4 Å². The summed E-state index contributed by atoms with van der Waals surface area (Å²) in [4.78, 5) is 29.8. The molecule has 2 atom stereocenters. The minimum Gasteiger partial charge on any atom is -0.341 e. The molecule has 124 valence electrons. The second-order valence-electron chi connectivity index (χ2n) is 5.88. The van der Waals surface area contributed by atoms with E-state index < -0.39 is 11.9 Å². The summed E-state index contributed by atoms with van der Waals surface area (Å²) in [6.45, 7) is 4.45. The van der Waals surface area contributed by atoms with Crippen LogP contribution >= 0.6 is 0 Å². The molecule has 0 radical (unpaired) electrons. The van der Waals surface area contributed by atoms with Crippen LogP contribution in [0.1, 0.15) is 38.7 Å². The summed E-state index contributed by atoms with van der Waals surface area (Å²) in [6, 6.07) is 0.906. The zero-order valence-corrected chi connectivity index (χ0v) is 13.5. The number of likely N-dealkylation sites (tertiary alicyclic amines) is 1. The van der Waals surface area contributed by atoms with E-state index in [0.29, 0.717) is 5.56 Å². The van der Waals surface area contributed by atoms with Crippen LogP contribution in [0.3, 0.4) is 0 Å². The standard InChI is InChI=1S/C17H22FN3O2/c1-12-5-3-4-8-21(12)17(23)13(2)20-16(22)7-6-14-9-15(18)11-19-10-14/h6-7,9-13H,3-5,8H2,1-2H3,(H,20,22)/b7-6+/t12-,13-/m1/s1. The molecule has 0 bridgehead atoms. The summed E-state index contributed by atoms with van der Waals surface area (Å²) in [5.41, 5.74) is 0.490. The molecular formula is C17H22FN3O2. The Kier molecular flexibility index (Phi) is 5.84. The average Bonchev–Trinajstić information content (AvgIpc) is 2.53. The third kappa shape index (κ3) is 4.87. The fourth-order valence-corrected chi connectivity index (χ4v) is 2.69. The number of pyridine rings is 1. The van der Waals surface area contributed by atoms with Gasteiger partial charge in [0.25, 0.3) is 0 Å². The Morgan fingerprint density at radius 3 is 2.91 bits per heavy atom. The van der Waals surface area contributed by atoms with E-state index >= 15 is 0 Å². The number of carbonyl (C=O) groups excluding carboxylic acids is 2. The summed E-state index contributed by atoms with van der Waals surface area (Å²) in [5.74, 6) is -0.915. The van der Waals surface area contributed by atoms with Crippen molar-refractivity contribution in [3.05, 3.63) is 35.9 Å². The van der Waals surface area contributed by atoms with Gasteiger partial charge in [0.15, 0.2) is 0 Å². The molecule has 0 aliphatic carbocycles. The first kappa shape index (κ1) is 17.1. The molecule has 23 heavy (non-hydrogen) atoms. The third-order valence-corrected chi connectivity index (χ3v) is 3.97. The minimum absolute atomic E-state index is 0.0635. The zero-order valence-electron chi connectivity index (χ0n) is 13.5. The van der Waals surface area contributed by atoms with Gasteiger partial charge in [0.1, 0.15) is 11.9 Å². The van der Waals surface area contributed by atoms with Crippen LogP contribution in [0, 0.1) is 5.82 Å². The lowest BCUT2D eigenvalue weighted by molar-refractivity contribution is -0.138. The molecule has 6 heteroatoms. The van der Waals surface area contributed by atoms with Gasteiger partial charge in [-0.25, -0.2) is 4.39 Å². The molecule has 2 heterocycles. The van der Waals surface area contributed by atoms with Crippen molar-refractivity contribution in [3.8, 4) is 0 Å². The van der Waals surface area contributed by atoms with Crippen LogP contribution in [0.4, 0.5) is 4.39 Å². The topological polar surface area (TPSA) is 62.3 Å². The number of amides is 2. The van der Waals surface area contributed by atoms with E-state index in [4.69, 9.17) is 0 Å². The van der Waals surface area contributed by atoms with Gasteiger partial charge in [0.05, 0.1) is 6.20 Å². The largest absolute Gasteiger partial charge is 0.341 e. The van der Waals surface area contributed by atoms with Crippen molar-refractivity contribution in [2.75, 3.05) is 6.54 Å². The normalized spacial score (nSPS) is 19.6. The average molecular weight is 319 g/mol. The smallest absolute Gasteiger partial charge is 0.245 e. The van der Waals surface area contributed by atoms with E-state index in [1.54, 1.807) is 6.92 Å². The molecule has 0 saturated carbocycles. The zero-order chi connectivity index (χ0) is 16.8. The van der Waals surface area contributed by atoms with Gasteiger partial charge in [-0.2, -0.15) is 0 Å². The van der Waals surface area contributed by atoms with Gasteiger partial charge in [-0.05, 0) is 50.8 Å². The van der Waals surface area contributed by atoms with Crippen LogP contribution in [0.15, 0.2) is 24.5 Å². The molecule has 2 rings (SSSR count). The van der Waals surface area contributed by atoms with Crippen LogP contribution in [0.2, 0.25) is 0 Å². The molecule has 1 aliphatic rings.